The van der Waals surface area contributed by atoms with E-state index in [-0.39, 0.29) is 11.9 Å². The maximum absolute atomic E-state index is 12.4. The minimum atomic E-state index is -0.0789. The molecule has 0 unspecified atom stereocenters. The lowest BCUT2D eigenvalue weighted by molar-refractivity contribution is 0.0927. The molecular weight excluding hydrogens is 312 g/mol. The van der Waals surface area contributed by atoms with Crippen molar-refractivity contribution in [2.24, 2.45) is 7.05 Å². The molecule has 1 amide bonds. The lowest BCUT2D eigenvalue weighted by Crippen LogP contribution is -2.28. The molecule has 5 heteroatoms. The van der Waals surface area contributed by atoms with Crippen molar-refractivity contribution >= 4 is 5.91 Å². The molecule has 0 bridgehead atoms. The fourth-order valence-electron chi connectivity index (χ4n) is 3.49. The van der Waals surface area contributed by atoms with Gasteiger partial charge in [0.25, 0.3) is 5.91 Å². The van der Waals surface area contributed by atoms with Crippen LogP contribution < -0.4 is 5.32 Å². The van der Waals surface area contributed by atoms with Crippen LogP contribution in [0, 0.1) is 6.92 Å². The number of hydrogen-bond donors (Lipinski definition) is 1. The van der Waals surface area contributed by atoms with Crippen LogP contribution in [-0.4, -0.2) is 20.7 Å². The van der Waals surface area contributed by atoms with Crippen LogP contribution in [0.4, 0.5) is 0 Å². The molecule has 0 radical (unpaired) electrons. The third-order valence-electron chi connectivity index (χ3n) is 4.79. The molecule has 1 atom stereocenters. The molecule has 4 rings (SSSR count). The summed E-state index contributed by atoms with van der Waals surface area (Å²) in [5.74, 6) is -0.0789. The zero-order valence-corrected chi connectivity index (χ0v) is 14.4. The molecule has 0 saturated heterocycles. The van der Waals surface area contributed by atoms with Gasteiger partial charge in [-0.25, -0.2) is 0 Å². The van der Waals surface area contributed by atoms with Gasteiger partial charge in [-0.1, -0.05) is 18.2 Å². The molecular formula is C20H20N4O. The first-order chi connectivity index (χ1) is 12.1. The Hall–Kier alpha value is -2.95. The highest BCUT2D eigenvalue weighted by molar-refractivity contribution is 5.92. The number of nitrogens with zero attached hydrogens (tertiary/aromatic N) is 3. The second-order valence-electron chi connectivity index (χ2n) is 6.57. The highest BCUT2D eigenvalue weighted by Gasteiger charge is 2.25. The number of rotatable bonds is 3. The fourth-order valence-corrected chi connectivity index (χ4v) is 3.49. The molecule has 25 heavy (non-hydrogen) atoms. The van der Waals surface area contributed by atoms with Crippen LogP contribution in [0.25, 0.3) is 11.1 Å². The summed E-state index contributed by atoms with van der Waals surface area (Å²) in [4.78, 5) is 16.7. The number of amides is 1. The van der Waals surface area contributed by atoms with E-state index in [0.717, 1.165) is 24.0 Å². The Labute approximate surface area is 146 Å². The maximum Gasteiger partial charge on any atom is 0.270 e. The van der Waals surface area contributed by atoms with Gasteiger partial charge < -0.3 is 5.32 Å². The third kappa shape index (κ3) is 2.93. The normalized spacial score (nSPS) is 15.8. The van der Waals surface area contributed by atoms with Gasteiger partial charge in [0.1, 0.15) is 5.69 Å². The molecule has 3 aromatic rings. The molecule has 1 N–H and O–H groups in total. The average Bonchev–Trinajstić information content (AvgIpc) is 3.21. The molecule has 126 valence electrons. The maximum atomic E-state index is 12.4. The van der Waals surface area contributed by atoms with Crippen molar-refractivity contribution in [3.8, 4) is 11.1 Å². The fraction of sp³-hybridized carbons (Fsp3) is 0.250. The highest BCUT2D eigenvalue weighted by Crippen LogP contribution is 2.34. The molecule has 0 aliphatic heterocycles. The van der Waals surface area contributed by atoms with E-state index in [4.69, 9.17) is 0 Å². The number of hydrogen-bond acceptors (Lipinski definition) is 3. The monoisotopic (exact) mass is 332 g/mol. The Kier molecular flexibility index (Phi) is 3.84. The average molecular weight is 332 g/mol. The standard InChI is InChI=1S/C20H20N4O/c1-13-9-16(12-21-11-13)14-3-5-17-15(10-14)4-6-18(17)23-20(25)19-7-8-22-24(19)2/h3,5,7-12,18H,4,6H2,1-2H3,(H,23,25)/t18-/m1/s1. The van der Waals surface area contributed by atoms with E-state index < -0.39 is 0 Å². The van der Waals surface area contributed by atoms with Gasteiger partial charge in [0.15, 0.2) is 0 Å². The summed E-state index contributed by atoms with van der Waals surface area (Å²) in [6.07, 6.45) is 7.29. The molecule has 1 aliphatic rings. The van der Waals surface area contributed by atoms with Crippen molar-refractivity contribution < 1.29 is 4.79 Å². The predicted octanol–water partition coefficient (Wildman–Crippen LogP) is 3.21. The molecule has 2 aromatic heterocycles. The number of carbonyl (C=O) groups excluding carboxylic acids is 1. The van der Waals surface area contributed by atoms with Gasteiger partial charge in [0.2, 0.25) is 0 Å². The zero-order valence-electron chi connectivity index (χ0n) is 14.4. The van der Waals surface area contributed by atoms with Gasteiger partial charge in [-0.2, -0.15) is 5.10 Å². The lowest BCUT2D eigenvalue weighted by atomic mass is 10.00. The summed E-state index contributed by atoms with van der Waals surface area (Å²) < 4.78 is 1.60. The van der Waals surface area contributed by atoms with Gasteiger partial charge in [-0.3, -0.25) is 14.5 Å². The van der Waals surface area contributed by atoms with Gasteiger partial charge >= 0.3 is 0 Å². The Morgan fingerprint density at radius 2 is 2.08 bits per heavy atom. The summed E-state index contributed by atoms with van der Waals surface area (Å²) in [6.45, 7) is 2.05. The number of carbonyl (C=O) groups is 1. The minimum absolute atomic E-state index is 0.0575. The number of benzene rings is 1. The Morgan fingerprint density at radius 1 is 1.20 bits per heavy atom. The number of fused-ring (bicyclic) bond motifs is 1. The van der Waals surface area contributed by atoms with E-state index in [2.05, 4.69) is 39.7 Å². The number of aryl methyl sites for hydroxylation is 3. The first-order valence-electron chi connectivity index (χ1n) is 8.45. The van der Waals surface area contributed by atoms with Crippen LogP contribution in [-0.2, 0) is 13.5 Å². The van der Waals surface area contributed by atoms with Crippen molar-refractivity contribution in [2.75, 3.05) is 0 Å². The number of aromatic nitrogens is 3. The third-order valence-corrected chi connectivity index (χ3v) is 4.79. The smallest absolute Gasteiger partial charge is 0.270 e. The van der Waals surface area contributed by atoms with Crippen molar-refractivity contribution in [3.05, 3.63) is 71.3 Å². The summed E-state index contributed by atoms with van der Waals surface area (Å²) in [5, 5.41) is 7.19. The van der Waals surface area contributed by atoms with Gasteiger partial charge in [0.05, 0.1) is 6.04 Å². The molecule has 0 fully saturated rings. The van der Waals surface area contributed by atoms with E-state index in [0.29, 0.717) is 5.69 Å². The Balaban J connectivity index is 1.57. The van der Waals surface area contributed by atoms with Crippen LogP contribution in [0.5, 0.6) is 0 Å². The number of nitrogens with one attached hydrogen (secondary N) is 1. The molecule has 2 heterocycles. The zero-order chi connectivity index (χ0) is 17.4. The predicted molar refractivity (Wildman–Crippen MR) is 96.1 cm³/mol. The molecule has 1 aromatic carbocycles. The largest absolute Gasteiger partial charge is 0.344 e. The SMILES string of the molecule is Cc1cncc(-c2ccc3c(c2)CC[C@H]3NC(=O)c2ccnn2C)c1. The second-order valence-corrected chi connectivity index (χ2v) is 6.57. The van der Waals surface area contributed by atoms with Gasteiger partial charge in [0, 0.05) is 31.2 Å². The molecule has 1 aliphatic carbocycles. The molecule has 0 spiro atoms. The van der Waals surface area contributed by atoms with Gasteiger partial charge in [-0.15, -0.1) is 0 Å². The van der Waals surface area contributed by atoms with Crippen LogP contribution in [0.1, 0.15) is 39.6 Å². The second kappa shape index (κ2) is 6.16. The first-order valence-corrected chi connectivity index (χ1v) is 8.45. The Bertz CT molecular complexity index is 944. The summed E-state index contributed by atoms with van der Waals surface area (Å²) in [6, 6.07) is 10.4. The molecule has 5 nitrogen and oxygen atoms in total. The lowest BCUT2D eigenvalue weighted by Gasteiger charge is -2.14. The van der Waals surface area contributed by atoms with Crippen molar-refractivity contribution in [3.63, 3.8) is 0 Å². The van der Waals surface area contributed by atoms with E-state index >= 15 is 0 Å². The van der Waals surface area contributed by atoms with Crippen LogP contribution >= 0.6 is 0 Å². The van der Waals surface area contributed by atoms with Crippen LogP contribution in [0.2, 0.25) is 0 Å². The minimum Gasteiger partial charge on any atom is -0.344 e. The molecule has 0 saturated carbocycles. The highest BCUT2D eigenvalue weighted by atomic mass is 16.2. The van der Waals surface area contributed by atoms with E-state index in [1.165, 1.54) is 16.7 Å². The van der Waals surface area contributed by atoms with E-state index in [9.17, 15) is 4.79 Å². The summed E-state index contributed by atoms with van der Waals surface area (Å²) >= 11 is 0. The van der Waals surface area contributed by atoms with Crippen molar-refractivity contribution in [1.29, 1.82) is 0 Å². The van der Waals surface area contributed by atoms with Crippen molar-refractivity contribution in [2.45, 2.75) is 25.8 Å². The topological polar surface area (TPSA) is 59.8 Å². The van der Waals surface area contributed by atoms with E-state index in [1.54, 1.807) is 24.0 Å². The summed E-state index contributed by atoms with van der Waals surface area (Å²) in [5.41, 5.74) is 6.54. The van der Waals surface area contributed by atoms with Crippen LogP contribution in [0.3, 0.4) is 0 Å². The number of pyridine rings is 1. The quantitative estimate of drug-likeness (QED) is 0.801. The van der Waals surface area contributed by atoms with E-state index in [1.807, 2.05) is 19.3 Å². The van der Waals surface area contributed by atoms with Gasteiger partial charge in [-0.05, 0) is 54.2 Å². The van der Waals surface area contributed by atoms with Crippen LogP contribution in [0.15, 0.2) is 48.9 Å². The Morgan fingerprint density at radius 3 is 2.84 bits per heavy atom. The summed E-state index contributed by atoms with van der Waals surface area (Å²) in [7, 11) is 1.78. The first kappa shape index (κ1) is 15.6. The van der Waals surface area contributed by atoms with Crippen molar-refractivity contribution in [1.82, 2.24) is 20.1 Å².